The van der Waals surface area contributed by atoms with E-state index in [1.807, 2.05) is 55.8 Å². The number of amides is 1. The molecule has 0 bridgehead atoms. The lowest BCUT2D eigenvalue weighted by atomic mass is 10.1. The van der Waals surface area contributed by atoms with Crippen molar-refractivity contribution in [1.29, 1.82) is 0 Å². The maximum absolute atomic E-state index is 13.2. The Morgan fingerprint density at radius 3 is 2.84 bits per heavy atom. The molecule has 0 unspecified atom stereocenters. The number of nitrogens with zero attached hydrogens (tertiary/aromatic N) is 3. The van der Waals surface area contributed by atoms with Crippen LogP contribution in [0.15, 0.2) is 36.4 Å². The Kier molecular flexibility index (Phi) is 5.98. The van der Waals surface area contributed by atoms with Crippen molar-refractivity contribution in [2.45, 2.75) is 32.5 Å². The summed E-state index contributed by atoms with van der Waals surface area (Å²) in [7, 11) is 3.55. The zero-order valence-electron chi connectivity index (χ0n) is 18.5. The summed E-state index contributed by atoms with van der Waals surface area (Å²) in [6, 6.07) is 11.5. The largest absolute Gasteiger partial charge is 0.481 e. The molecule has 7 nitrogen and oxygen atoms in total. The number of aliphatic hydroxyl groups is 1. The average molecular weight is 424 g/mol. The first-order valence-corrected chi connectivity index (χ1v) is 10.6. The van der Waals surface area contributed by atoms with Crippen LogP contribution in [-0.4, -0.2) is 58.4 Å². The van der Waals surface area contributed by atoms with Gasteiger partial charge < -0.3 is 24.0 Å². The second-order valence-electron chi connectivity index (χ2n) is 7.95. The smallest absolute Gasteiger partial charge is 0.254 e. The Bertz CT molecular complexity index is 1110. The lowest BCUT2D eigenvalue weighted by molar-refractivity contribution is 0.0503. The number of carbonyl (C=O) groups is 1. The molecule has 3 aromatic rings. The predicted molar refractivity (Wildman–Crippen MR) is 118 cm³/mol. The number of hydrogen-bond acceptors (Lipinski definition) is 5. The number of hydrogen-bond donors (Lipinski definition) is 1. The van der Waals surface area contributed by atoms with Crippen molar-refractivity contribution in [2.75, 3.05) is 26.8 Å². The molecule has 1 aromatic heterocycles. The SMILES string of the molecule is CCN(CCOC)C(=O)c1cc(O[C@@H]2c3ccccc3C[C@H]2O)c2nc(C)n(C)c2c1. The normalized spacial score (nSPS) is 17.7. The van der Waals surface area contributed by atoms with Crippen LogP contribution in [0.1, 0.15) is 40.3 Å². The van der Waals surface area contributed by atoms with E-state index in [0.717, 1.165) is 22.5 Å². The second-order valence-corrected chi connectivity index (χ2v) is 7.95. The van der Waals surface area contributed by atoms with Crippen molar-refractivity contribution < 1.29 is 19.4 Å². The van der Waals surface area contributed by atoms with Crippen molar-refractivity contribution >= 4 is 16.9 Å². The first kappa shape index (κ1) is 21.3. The first-order chi connectivity index (χ1) is 14.9. The van der Waals surface area contributed by atoms with Crippen LogP contribution < -0.4 is 4.74 Å². The van der Waals surface area contributed by atoms with E-state index >= 15 is 0 Å². The summed E-state index contributed by atoms with van der Waals surface area (Å²) in [5, 5.41) is 10.7. The molecule has 7 heteroatoms. The molecule has 0 aliphatic heterocycles. The molecule has 1 aliphatic carbocycles. The minimum Gasteiger partial charge on any atom is -0.481 e. The molecular weight excluding hydrogens is 394 g/mol. The Hall–Kier alpha value is -2.90. The quantitative estimate of drug-likeness (QED) is 0.632. The summed E-state index contributed by atoms with van der Waals surface area (Å²) in [5.41, 5.74) is 4.10. The maximum Gasteiger partial charge on any atom is 0.254 e. The van der Waals surface area contributed by atoms with Crippen molar-refractivity contribution in [3.05, 3.63) is 58.9 Å². The number of aliphatic hydroxyl groups excluding tert-OH is 1. The molecule has 0 radical (unpaired) electrons. The molecule has 1 aliphatic rings. The zero-order valence-corrected chi connectivity index (χ0v) is 18.5. The summed E-state index contributed by atoms with van der Waals surface area (Å²) in [4.78, 5) is 19.6. The maximum atomic E-state index is 13.2. The van der Waals surface area contributed by atoms with Gasteiger partial charge in [-0.1, -0.05) is 24.3 Å². The Morgan fingerprint density at radius 2 is 2.10 bits per heavy atom. The van der Waals surface area contributed by atoms with Crippen molar-refractivity contribution in [3.8, 4) is 5.75 Å². The second kappa shape index (κ2) is 8.69. The molecule has 164 valence electrons. The van der Waals surface area contributed by atoms with Gasteiger partial charge >= 0.3 is 0 Å². The van der Waals surface area contributed by atoms with Gasteiger partial charge in [0, 0.05) is 39.2 Å². The molecule has 4 rings (SSSR count). The molecule has 1 amide bonds. The van der Waals surface area contributed by atoms with Gasteiger partial charge in [-0.25, -0.2) is 4.98 Å². The van der Waals surface area contributed by atoms with Crippen LogP contribution in [0.4, 0.5) is 0 Å². The van der Waals surface area contributed by atoms with Gasteiger partial charge in [0.1, 0.15) is 17.1 Å². The Labute approximate surface area is 182 Å². The number of methoxy groups -OCH3 is 1. The van der Waals surface area contributed by atoms with Crippen LogP contribution in [0.5, 0.6) is 5.75 Å². The molecule has 1 N–H and O–H groups in total. The van der Waals surface area contributed by atoms with Crippen LogP contribution in [0.25, 0.3) is 11.0 Å². The van der Waals surface area contributed by atoms with Gasteiger partial charge in [0.05, 0.1) is 18.2 Å². The molecule has 0 saturated carbocycles. The molecule has 0 fully saturated rings. The van der Waals surface area contributed by atoms with Crippen molar-refractivity contribution in [2.24, 2.45) is 7.05 Å². The minimum atomic E-state index is -0.648. The summed E-state index contributed by atoms with van der Waals surface area (Å²) < 4.78 is 13.5. The van der Waals surface area contributed by atoms with Gasteiger partial charge in [0.2, 0.25) is 0 Å². The van der Waals surface area contributed by atoms with Crippen molar-refractivity contribution in [1.82, 2.24) is 14.5 Å². The van der Waals surface area contributed by atoms with Crippen LogP contribution in [-0.2, 0) is 18.2 Å². The van der Waals surface area contributed by atoms with E-state index < -0.39 is 12.2 Å². The number of aryl methyl sites for hydroxylation is 2. The fourth-order valence-electron chi connectivity index (χ4n) is 4.19. The number of ether oxygens (including phenoxy) is 2. The molecule has 0 saturated heterocycles. The Balaban J connectivity index is 1.76. The monoisotopic (exact) mass is 423 g/mol. The van der Waals surface area contributed by atoms with Gasteiger partial charge in [-0.2, -0.15) is 0 Å². The zero-order chi connectivity index (χ0) is 22.1. The molecule has 31 heavy (non-hydrogen) atoms. The van der Waals surface area contributed by atoms with Crippen LogP contribution in [0.2, 0.25) is 0 Å². The number of aromatic nitrogens is 2. The van der Waals surface area contributed by atoms with E-state index in [4.69, 9.17) is 9.47 Å². The first-order valence-electron chi connectivity index (χ1n) is 10.6. The van der Waals surface area contributed by atoms with Crippen LogP contribution in [0.3, 0.4) is 0 Å². The lowest BCUT2D eigenvalue weighted by Crippen LogP contribution is -2.33. The Morgan fingerprint density at radius 1 is 1.32 bits per heavy atom. The summed E-state index contributed by atoms with van der Waals surface area (Å²) in [6.07, 6.45) is -0.599. The number of imidazole rings is 1. The highest BCUT2D eigenvalue weighted by Gasteiger charge is 2.33. The molecular formula is C24H29N3O4. The highest BCUT2D eigenvalue weighted by atomic mass is 16.5. The predicted octanol–water partition coefficient (Wildman–Crippen LogP) is 3.03. The van der Waals surface area contributed by atoms with E-state index in [1.54, 1.807) is 18.1 Å². The number of fused-ring (bicyclic) bond motifs is 2. The topological polar surface area (TPSA) is 76.8 Å². The molecule has 1 heterocycles. The van der Waals surface area contributed by atoms with Gasteiger partial charge in [0.25, 0.3) is 5.91 Å². The average Bonchev–Trinajstić information content (AvgIpc) is 3.24. The fraction of sp³-hybridized carbons (Fsp3) is 0.417. The highest BCUT2D eigenvalue weighted by Crippen LogP contribution is 2.38. The number of likely N-dealkylation sites (N-methyl/N-ethyl adjacent to an activating group) is 1. The van der Waals surface area contributed by atoms with Gasteiger partial charge in [-0.05, 0) is 37.1 Å². The number of carbonyl (C=O) groups excluding carboxylic acids is 1. The fourth-order valence-corrected chi connectivity index (χ4v) is 4.19. The van der Waals surface area contributed by atoms with Gasteiger partial charge in [0.15, 0.2) is 6.10 Å². The van der Waals surface area contributed by atoms with E-state index in [-0.39, 0.29) is 5.91 Å². The summed E-state index contributed by atoms with van der Waals surface area (Å²) in [5.74, 6) is 1.24. The van der Waals surface area contributed by atoms with Gasteiger partial charge in [-0.15, -0.1) is 0 Å². The minimum absolute atomic E-state index is 0.0856. The third-order valence-electron chi connectivity index (χ3n) is 6.05. The summed E-state index contributed by atoms with van der Waals surface area (Å²) in [6.45, 7) is 5.43. The number of rotatable bonds is 7. The van der Waals surface area contributed by atoms with E-state index in [9.17, 15) is 9.90 Å². The molecule has 2 atom stereocenters. The van der Waals surface area contributed by atoms with Gasteiger partial charge in [-0.3, -0.25) is 4.79 Å². The lowest BCUT2D eigenvalue weighted by Gasteiger charge is -2.22. The van der Waals surface area contributed by atoms with Crippen LogP contribution in [0, 0.1) is 6.92 Å². The van der Waals surface area contributed by atoms with Crippen molar-refractivity contribution in [3.63, 3.8) is 0 Å². The van der Waals surface area contributed by atoms with E-state index in [0.29, 0.717) is 42.9 Å². The van der Waals surface area contributed by atoms with E-state index in [1.165, 1.54) is 0 Å². The highest BCUT2D eigenvalue weighted by molar-refractivity contribution is 5.99. The summed E-state index contributed by atoms with van der Waals surface area (Å²) >= 11 is 0. The molecule has 2 aromatic carbocycles. The van der Waals surface area contributed by atoms with Crippen LogP contribution >= 0.6 is 0 Å². The molecule has 0 spiro atoms. The third kappa shape index (κ3) is 3.91. The standard InChI is InChI=1S/C24H29N3O4/c1-5-27(10-11-30-4)24(29)17-12-19-22(25-15(2)26(19)3)21(14-17)31-23-18-9-7-6-8-16(18)13-20(23)28/h6-9,12,14,20,23,28H,5,10-11,13H2,1-4H3/t20-,23-/m1/s1. The van der Waals surface area contributed by atoms with E-state index in [2.05, 4.69) is 4.98 Å². The third-order valence-corrected chi connectivity index (χ3v) is 6.05. The number of benzene rings is 2.